The molecule has 3 aromatic rings. The molecule has 2 fully saturated rings. The molecule has 6 rings (SSSR count). The lowest BCUT2D eigenvalue weighted by Crippen LogP contribution is -2.64. The monoisotopic (exact) mass is 681 g/mol. The Morgan fingerprint density at radius 1 is 1.23 bits per heavy atom. The van der Waals surface area contributed by atoms with Crippen molar-refractivity contribution in [3.63, 3.8) is 0 Å². The summed E-state index contributed by atoms with van der Waals surface area (Å²) in [6.45, 7) is 15.1. The second kappa shape index (κ2) is 14.2. The smallest absolute Gasteiger partial charge is 0.318 e. The van der Waals surface area contributed by atoms with Crippen LogP contribution >= 0.6 is 11.6 Å². The maximum Gasteiger partial charge on any atom is 0.318 e. The van der Waals surface area contributed by atoms with Gasteiger partial charge in [0.15, 0.2) is 5.83 Å². The summed E-state index contributed by atoms with van der Waals surface area (Å²) in [6.07, 6.45) is 0.574. The summed E-state index contributed by atoms with van der Waals surface area (Å²) in [7, 11) is 3.68. The molecule has 3 aliphatic rings. The van der Waals surface area contributed by atoms with Crippen LogP contribution in [0, 0.1) is 12.4 Å². The van der Waals surface area contributed by atoms with Crippen LogP contribution in [0.25, 0.3) is 15.6 Å². The van der Waals surface area contributed by atoms with E-state index in [1.165, 1.54) is 11.0 Å². The molecule has 0 N–H and O–H groups in total. The van der Waals surface area contributed by atoms with E-state index in [9.17, 15) is 13.6 Å². The number of fused-ring (bicyclic) bond motifs is 2. The molecular formula is C34H38ClF2N7O4. The predicted molar refractivity (Wildman–Crippen MR) is 179 cm³/mol. The van der Waals surface area contributed by atoms with E-state index >= 15 is 0 Å². The first-order chi connectivity index (χ1) is 23.2. The fourth-order valence-electron chi connectivity index (χ4n) is 6.74. The number of ether oxygens (including phenoxy) is 3. The lowest BCUT2D eigenvalue weighted by atomic mass is 9.97. The molecule has 0 unspecified atom stereocenters. The third-order valence-electron chi connectivity index (χ3n) is 9.48. The molecule has 2 aromatic carbocycles. The number of piperazine rings is 1. The summed E-state index contributed by atoms with van der Waals surface area (Å²) in [5.74, 6) is -1.67. The van der Waals surface area contributed by atoms with Crippen LogP contribution in [0.2, 0.25) is 5.02 Å². The van der Waals surface area contributed by atoms with Crippen molar-refractivity contribution in [1.29, 1.82) is 0 Å². The number of hydrogen-bond donors (Lipinski definition) is 0. The maximum atomic E-state index is 14.6. The van der Waals surface area contributed by atoms with Gasteiger partial charge in [0.05, 0.1) is 42.6 Å². The van der Waals surface area contributed by atoms with E-state index in [0.717, 1.165) is 22.3 Å². The standard InChI is InChI=1S/C34H38ClF2N7O4/c1-22(36)32(45)44-13-12-43(17-24(44)16-38-2)31-25-10-11-42(28-7-5-6-23-8-9-26(37)30(35)29(23)28)18-27(25)39-33(40-31)48-15-14-41(3)34(19-46-4)20-47-21-34/h5-9,24H,1,10-21H2,3-4H3/t24-/m0/s1. The molecule has 0 saturated carbocycles. The van der Waals surface area contributed by atoms with Crippen molar-refractivity contribution in [3.8, 4) is 6.01 Å². The van der Waals surface area contributed by atoms with Crippen LogP contribution in [0.15, 0.2) is 42.7 Å². The molecule has 3 aliphatic heterocycles. The zero-order valence-electron chi connectivity index (χ0n) is 27.1. The highest BCUT2D eigenvalue weighted by Crippen LogP contribution is 2.38. The number of methoxy groups -OCH3 is 1. The summed E-state index contributed by atoms with van der Waals surface area (Å²) in [5, 5.41) is 1.54. The van der Waals surface area contributed by atoms with Crippen molar-refractivity contribution in [2.24, 2.45) is 0 Å². The van der Waals surface area contributed by atoms with E-state index < -0.39 is 23.6 Å². The van der Waals surface area contributed by atoms with Gasteiger partial charge in [-0.3, -0.25) is 9.69 Å². The Morgan fingerprint density at radius 3 is 2.75 bits per heavy atom. The number of carbonyl (C=O) groups is 1. The second-order valence-corrected chi connectivity index (χ2v) is 12.8. The topological polar surface area (TPSA) is 87.9 Å². The number of benzene rings is 2. The molecule has 14 heteroatoms. The Hall–Kier alpha value is -4.09. The van der Waals surface area contributed by atoms with Gasteiger partial charge in [0, 0.05) is 56.5 Å². The van der Waals surface area contributed by atoms with E-state index in [1.807, 2.05) is 30.1 Å². The number of halogens is 3. The van der Waals surface area contributed by atoms with Gasteiger partial charge in [0.1, 0.15) is 24.3 Å². The first-order valence-corrected chi connectivity index (χ1v) is 16.2. The number of anilines is 2. The van der Waals surface area contributed by atoms with E-state index in [2.05, 4.69) is 21.2 Å². The van der Waals surface area contributed by atoms with Crippen molar-refractivity contribution in [3.05, 3.63) is 76.3 Å². The normalized spacial score (nSPS) is 18.8. The van der Waals surface area contributed by atoms with E-state index in [0.29, 0.717) is 70.2 Å². The molecule has 1 atom stereocenters. The lowest BCUT2D eigenvalue weighted by Gasteiger charge is -2.47. The Bertz CT molecular complexity index is 1750. The molecule has 0 radical (unpaired) electrons. The van der Waals surface area contributed by atoms with Crippen LogP contribution in [0.4, 0.5) is 20.3 Å². The van der Waals surface area contributed by atoms with Gasteiger partial charge in [0.25, 0.3) is 5.91 Å². The predicted octanol–water partition coefficient (Wildman–Crippen LogP) is 4.13. The fraction of sp³-hybridized carbons (Fsp3) is 0.471. The van der Waals surface area contributed by atoms with Crippen LogP contribution in [-0.4, -0.2) is 117 Å². The minimum Gasteiger partial charge on any atom is -0.462 e. The molecule has 11 nitrogen and oxygen atoms in total. The van der Waals surface area contributed by atoms with Gasteiger partial charge >= 0.3 is 6.01 Å². The van der Waals surface area contributed by atoms with Crippen molar-refractivity contribution < 1.29 is 27.8 Å². The first-order valence-electron chi connectivity index (χ1n) is 15.8. The summed E-state index contributed by atoms with van der Waals surface area (Å²) < 4.78 is 45.6. The molecule has 0 spiro atoms. The Balaban J connectivity index is 1.31. The van der Waals surface area contributed by atoms with Crippen LogP contribution in [0.5, 0.6) is 6.01 Å². The second-order valence-electron chi connectivity index (χ2n) is 12.4. The van der Waals surface area contributed by atoms with Crippen LogP contribution in [-0.2, 0) is 27.2 Å². The van der Waals surface area contributed by atoms with E-state index in [1.54, 1.807) is 13.2 Å². The maximum absolute atomic E-state index is 14.6. The largest absolute Gasteiger partial charge is 0.462 e. The van der Waals surface area contributed by atoms with Crippen molar-refractivity contribution in [2.75, 3.05) is 89.7 Å². The van der Waals surface area contributed by atoms with Crippen molar-refractivity contribution in [1.82, 2.24) is 19.8 Å². The number of aromatic nitrogens is 2. The third kappa shape index (κ3) is 6.50. The SMILES string of the molecule is [C-]#[N+]C[C@H]1CN(c2nc(OCCN(C)C3(COC)COC3)nc3c2CCN(c2cccc4ccc(F)c(Cl)c24)C3)CCN1C(=O)C(=C)F. The molecule has 48 heavy (non-hydrogen) atoms. The number of hydrogen-bond acceptors (Lipinski definition) is 9. The van der Waals surface area contributed by atoms with Gasteiger partial charge in [-0.1, -0.05) is 36.4 Å². The number of rotatable bonds is 11. The summed E-state index contributed by atoms with van der Waals surface area (Å²) in [6, 6.07) is 8.49. The summed E-state index contributed by atoms with van der Waals surface area (Å²) >= 11 is 6.49. The molecular weight excluding hydrogens is 644 g/mol. The highest BCUT2D eigenvalue weighted by atomic mass is 35.5. The zero-order chi connectivity index (χ0) is 34.0. The Kier molecular flexibility index (Phi) is 9.98. The van der Waals surface area contributed by atoms with Gasteiger partial charge in [0.2, 0.25) is 6.54 Å². The third-order valence-corrected chi connectivity index (χ3v) is 9.85. The molecule has 1 amide bonds. The summed E-state index contributed by atoms with van der Waals surface area (Å²) in [5.41, 5.74) is 2.27. The molecule has 4 heterocycles. The number of nitrogens with zero attached hydrogens (tertiary/aromatic N) is 7. The first kappa shape index (κ1) is 33.8. The Morgan fingerprint density at radius 2 is 2.04 bits per heavy atom. The average molecular weight is 682 g/mol. The average Bonchev–Trinajstić information content (AvgIpc) is 3.07. The zero-order valence-corrected chi connectivity index (χ0v) is 27.8. The minimum absolute atomic E-state index is 0.0115. The van der Waals surface area contributed by atoms with Crippen LogP contribution in [0.3, 0.4) is 0 Å². The summed E-state index contributed by atoms with van der Waals surface area (Å²) in [4.78, 5) is 33.5. The van der Waals surface area contributed by atoms with E-state index in [-0.39, 0.29) is 36.2 Å². The molecule has 0 aliphatic carbocycles. The molecule has 2 saturated heterocycles. The van der Waals surface area contributed by atoms with Crippen molar-refractivity contribution >= 4 is 39.8 Å². The minimum atomic E-state index is -1.05. The number of likely N-dealkylation sites (N-methyl/N-ethyl adjacent to an activating group) is 1. The van der Waals surface area contributed by atoms with Gasteiger partial charge in [-0.2, -0.15) is 9.97 Å². The van der Waals surface area contributed by atoms with Crippen LogP contribution in [0.1, 0.15) is 11.3 Å². The highest BCUT2D eigenvalue weighted by molar-refractivity contribution is 6.36. The van der Waals surface area contributed by atoms with Gasteiger partial charge in [-0.15, -0.1) is 0 Å². The number of amides is 1. The molecule has 0 bridgehead atoms. The quantitative estimate of drug-likeness (QED) is 0.219. The lowest BCUT2D eigenvalue weighted by molar-refractivity contribution is -0.159. The van der Waals surface area contributed by atoms with Crippen molar-refractivity contribution in [2.45, 2.75) is 24.5 Å². The Labute approximate surface area is 283 Å². The molecule has 1 aromatic heterocycles. The number of carbonyl (C=O) groups excluding carboxylic acids is 1. The molecule has 254 valence electrons. The van der Waals surface area contributed by atoms with Crippen LogP contribution < -0.4 is 14.5 Å². The highest BCUT2D eigenvalue weighted by Gasteiger charge is 2.42. The van der Waals surface area contributed by atoms with E-state index in [4.69, 9.17) is 42.4 Å². The van der Waals surface area contributed by atoms with Gasteiger partial charge in [-0.05, 0) is 31.0 Å². The fourth-order valence-corrected chi connectivity index (χ4v) is 7.01. The van der Waals surface area contributed by atoms with Gasteiger partial charge < -0.3 is 33.8 Å². The van der Waals surface area contributed by atoms with Gasteiger partial charge in [-0.25, -0.2) is 15.4 Å².